The lowest BCUT2D eigenvalue weighted by atomic mass is 9.93. The second-order valence-electron chi connectivity index (χ2n) is 8.18. The monoisotopic (exact) mass is 371 g/mol. The van der Waals surface area contributed by atoms with Gasteiger partial charge in [0.05, 0.1) is 18.3 Å². The van der Waals surface area contributed by atoms with Crippen molar-refractivity contribution in [2.75, 3.05) is 6.54 Å². The number of amides is 2. The Kier molecular flexibility index (Phi) is 4.74. The maximum absolute atomic E-state index is 13.4. The van der Waals surface area contributed by atoms with E-state index in [1.54, 1.807) is 17.2 Å². The highest BCUT2D eigenvalue weighted by Crippen LogP contribution is 2.33. The van der Waals surface area contributed by atoms with Crippen LogP contribution in [0.4, 0.5) is 0 Å². The summed E-state index contributed by atoms with van der Waals surface area (Å²) in [5, 5.41) is 3.27. The van der Waals surface area contributed by atoms with Crippen LogP contribution in [-0.2, 0) is 11.3 Å². The quantitative estimate of drug-likeness (QED) is 0.834. The fourth-order valence-corrected chi connectivity index (χ4v) is 4.61. The molecule has 2 aromatic heterocycles. The Morgan fingerprint density at radius 1 is 1.30 bits per heavy atom. The number of fused-ring (bicyclic) bond motifs is 3. The molecule has 0 saturated heterocycles. The van der Waals surface area contributed by atoms with Crippen LogP contribution in [0.1, 0.15) is 69.3 Å². The van der Waals surface area contributed by atoms with E-state index in [0.717, 1.165) is 37.6 Å². The molecule has 1 atom stereocenters. The predicted octanol–water partition coefficient (Wildman–Crippen LogP) is 3.70. The molecule has 1 N–H and O–H groups in total. The minimum Gasteiger partial charge on any atom is -0.463 e. The summed E-state index contributed by atoms with van der Waals surface area (Å²) in [5.74, 6) is -0.125. The Balaban J connectivity index is 1.66. The van der Waals surface area contributed by atoms with Crippen molar-refractivity contribution < 1.29 is 14.0 Å². The number of carbonyl (C=O) groups excluding carboxylic acids is 2. The first-order valence-electron chi connectivity index (χ1n) is 10.2. The molecule has 1 unspecified atom stereocenters. The van der Waals surface area contributed by atoms with Crippen molar-refractivity contribution >= 4 is 22.9 Å². The van der Waals surface area contributed by atoms with Crippen LogP contribution in [0.5, 0.6) is 0 Å². The van der Waals surface area contributed by atoms with Gasteiger partial charge in [0.15, 0.2) is 5.58 Å². The first-order valence-corrected chi connectivity index (χ1v) is 10.2. The van der Waals surface area contributed by atoms with Gasteiger partial charge in [0.1, 0.15) is 11.2 Å². The van der Waals surface area contributed by atoms with Gasteiger partial charge in [0, 0.05) is 24.7 Å². The maximum Gasteiger partial charge on any atom is 0.271 e. The summed E-state index contributed by atoms with van der Waals surface area (Å²) >= 11 is 0. The maximum atomic E-state index is 13.4. The molecule has 1 saturated carbocycles. The van der Waals surface area contributed by atoms with Gasteiger partial charge in [-0.3, -0.25) is 9.59 Å². The topological polar surface area (TPSA) is 67.5 Å². The van der Waals surface area contributed by atoms with Crippen molar-refractivity contribution in [2.45, 2.75) is 76.9 Å². The molecule has 146 valence electrons. The summed E-state index contributed by atoms with van der Waals surface area (Å²) in [6.07, 6.45) is 9.32. The van der Waals surface area contributed by atoms with E-state index < -0.39 is 5.54 Å². The van der Waals surface area contributed by atoms with Crippen LogP contribution in [0.2, 0.25) is 0 Å². The molecule has 27 heavy (non-hydrogen) atoms. The molecule has 0 bridgehead atoms. The highest BCUT2D eigenvalue weighted by Gasteiger charge is 2.47. The molecule has 4 rings (SSSR count). The number of hydrogen-bond acceptors (Lipinski definition) is 3. The van der Waals surface area contributed by atoms with Gasteiger partial charge in [0.2, 0.25) is 5.91 Å². The first kappa shape index (κ1) is 18.1. The van der Waals surface area contributed by atoms with Crippen LogP contribution < -0.4 is 5.32 Å². The van der Waals surface area contributed by atoms with Crippen molar-refractivity contribution in [3.8, 4) is 0 Å². The zero-order chi connectivity index (χ0) is 19.0. The van der Waals surface area contributed by atoms with Crippen molar-refractivity contribution in [1.29, 1.82) is 0 Å². The summed E-state index contributed by atoms with van der Waals surface area (Å²) in [4.78, 5) is 28.4. The summed E-state index contributed by atoms with van der Waals surface area (Å²) in [5.41, 5.74) is 1.29. The Hall–Kier alpha value is -2.24. The smallest absolute Gasteiger partial charge is 0.271 e. The van der Waals surface area contributed by atoms with Crippen molar-refractivity contribution in [3.05, 3.63) is 24.1 Å². The summed E-state index contributed by atoms with van der Waals surface area (Å²) in [6, 6.07) is 3.88. The Morgan fingerprint density at radius 2 is 2.04 bits per heavy atom. The van der Waals surface area contributed by atoms with Crippen molar-refractivity contribution in [1.82, 2.24) is 14.8 Å². The van der Waals surface area contributed by atoms with Crippen molar-refractivity contribution in [2.24, 2.45) is 0 Å². The van der Waals surface area contributed by atoms with Gasteiger partial charge >= 0.3 is 0 Å². The highest BCUT2D eigenvalue weighted by atomic mass is 16.3. The van der Waals surface area contributed by atoms with Crippen LogP contribution in [0.25, 0.3) is 11.1 Å². The molecular weight excluding hydrogens is 342 g/mol. The lowest BCUT2D eigenvalue weighted by Gasteiger charge is -2.44. The molecule has 2 amide bonds. The van der Waals surface area contributed by atoms with Gasteiger partial charge in [-0.1, -0.05) is 32.6 Å². The second-order valence-corrected chi connectivity index (χ2v) is 8.18. The third-order valence-electron chi connectivity index (χ3n) is 6.18. The van der Waals surface area contributed by atoms with Gasteiger partial charge in [-0.15, -0.1) is 0 Å². The van der Waals surface area contributed by atoms with Crippen LogP contribution in [0.3, 0.4) is 0 Å². The van der Waals surface area contributed by atoms with Gasteiger partial charge in [-0.2, -0.15) is 0 Å². The molecular formula is C21H29N3O3. The lowest BCUT2D eigenvalue weighted by molar-refractivity contribution is -0.133. The Morgan fingerprint density at radius 3 is 2.74 bits per heavy atom. The van der Waals surface area contributed by atoms with Gasteiger partial charge in [0.25, 0.3) is 5.91 Å². The van der Waals surface area contributed by atoms with E-state index >= 15 is 0 Å². The van der Waals surface area contributed by atoms with Crippen LogP contribution in [0, 0.1) is 0 Å². The Bertz CT molecular complexity index is 844. The minimum atomic E-state index is -0.893. The number of aromatic nitrogens is 1. The third kappa shape index (κ3) is 3.05. The fourth-order valence-electron chi connectivity index (χ4n) is 4.61. The van der Waals surface area contributed by atoms with Crippen LogP contribution in [0.15, 0.2) is 22.8 Å². The normalized spacial score (nSPS) is 24.1. The van der Waals surface area contributed by atoms with Gasteiger partial charge < -0.3 is 19.2 Å². The average molecular weight is 371 g/mol. The molecule has 6 nitrogen and oxygen atoms in total. The molecule has 1 fully saturated rings. The van der Waals surface area contributed by atoms with E-state index in [4.69, 9.17) is 4.42 Å². The molecule has 2 aromatic rings. The molecule has 0 aromatic carbocycles. The van der Waals surface area contributed by atoms with E-state index in [1.165, 1.54) is 12.8 Å². The third-order valence-corrected chi connectivity index (χ3v) is 6.18. The summed E-state index contributed by atoms with van der Waals surface area (Å²) in [6.45, 7) is 4.97. The van der Waals surface area contributed by atoms with Gasteiger partial charge in [-0.05, 0) is 26.2 Å². The van der Waals surface area contributed by atoms with E-state index in [2.05, 4.69) is 5.32 Å². The van der Waals surface area contributed by atoms with Crippen LogP contribution >= 0.6 is 0 Å². The number of nitrogens with one attached hydrogen (secondary N) is 1. The molecule has 1 aliphatic heterocycles. The molecule has 1 aliphatic carbocycles. The fraction of sp³-hybridized carbons (Fsp3) is 0.619. The predicted molar refractivity (Wildman–Crippen MR) is 104 cm³/mol. The van der Waals surface area contributed by atoms with Crippen molar-refractivity contribution in [3.63, 3.8) is 0 Å². The molecule has 0 radical (unpaired) electrons. The molecule has 3 heterocycles. The number of furan rings is 1. The van der Waals surface area contributed by atoms with E-state index in [0.29, 0.717) is 24.4 Å². The zero-order valence-electron chi connectivity index (χ0n) is 16.3. The van der Waals surface area contributed by atoms with E-state index in [1.807, 2.05) is 24.5 Å². The molecule has 2 aliphatic rings. The van der Waals surface area contributed by atoms with Gasteiger partial charge in [-0.25, -0.2) is 0 Å². The van der Waals surface area contributed by atoms with E-state index in [9.17, 15) is 9.59 Å². The van der Waals surface area contributed by atoms with E-state index in [-0.39, 0.29) is 17.9 Å². The largest absolute Gasteiger partial charge is 0.463 e. The summed E-state index contributed by atoms with van der Waals surface area (Å²) < 4.78 is 7.43. The Labute approximate surface area is 159 Å². The average Bonchev–Trinajstić information content (AvgIpc) is 3.13. The SMILES string of the molecule is CCCN1C(=O)c2cc3occc3n2CC1(C)C(=O)NC1CCCCCC1. The number of rotatable bonds is 4. The molecule has 0 spiro atoms. The number of hydrogen-bond donors (Lipinski definition) is 1. The highest BCUT2D eigenvalue weighted by molar-refractivity contribution is 6.02. The summed E-state index contributed by atoms with van der Waals surface area (Å²) in [7, 11) is 0. The zero-order valence-corrected chi connectivity index (χ0v) is 16.3. The number of carbonyl (C=O) groups is 2. The molecule has 6 heteroatoms. The number of nitrogens with zero attached hydrogens (tertiary/aromatic N) is 2. The van der Waals surface area contributed by atoms with Crippen LogP contribution in [-0.4, -0.2) is 39.4 Å². The second kappa shape index (κ2) is 7.06. The lowest BCUT2D eigenvalue weighted by Crippen LogP contribution is -2.65. The minimum absolute atomic E-state index is 0.0350. The first-order chi connectivity index (χ1) is 13.0. The standard InChI is InChI=1S/C21H29N3O3/c1-3-11-24-19(25)17-13-18-16(10-12-27-18)23(17)14-21(24,2)20(26)22-15-8-6-4-5-7-9-15/h10,12-13,15H,3-9,11,14H2,1-2H3,(H,22,26).